The normalized spacial score (nSPS) is 18.3. The van der Waals surface area contributed by atoms with Gasteiger partial charge in [0.15, 0.2) is 0 Å². The predicted octanol–water partition coefficient (Wildman–Crippen LogP) is 6.60. The molecule has 7 rings (SSSR count). The molecule has 11 nitrogen and oxygen atoms in total. The summed E-state index contributed by atoms with van der Waals surface area (Å²) in [5, 5.41) is 8.23. The number of carbonyl (C=O) groups is 2. The van der Waals surface area contributed by atoms with Crippen LogP contribution < -0.4 is 15.4 Å². The molecule has 11 heteroatoms. The molecule has 0 saturated carbocycles. The lowest BCUT2D eigenvalue weighted by Crippen LogP contribution is -2.48. The van der Waals surface area contributed by atoms with Crippen molar-refractivity contribution in [1.29, 1.82) is 0 Å². The third-order valence-electron chi connectivity index (χ3n) is 9.83. The number of alkyl carbamates (subject to hydrolysis) is 1. The van der Waals surface area contributed by atoms with Crippen LogP contribution in [0.3, 0.4) is 0 Å². The molecule has 0 radical (unpaired) electrons. The number of nitrogens with zero attached hydrogens (tertiary/aromatic N) is 3. The number of rotatable bonds is 9. The van der Waals surface area contributed by atoms with Gasteiger partial charge in [-0.2, -0.15) is 0 Å². The third kappa shape index (κ3) is 5.87. The molecule has 5 aromatic rings. The Kier molecular flexibility index (Phi) is 8.55. The molecule has 250 valence electrons. The van der Waals surface area contributed by atoms with Crippen molar-refractivity contribution in [2.24, 2.45) is 5.92 Å². The zero-order valence-electron chi connectivity index (χ0n) is 28.1. The van der Waals surface area contributed by atoms with Gasteiger partial charge in [0, 0.05) is 23.5 Å². The van der Waals surface area contributed by atoms with Gasteiger partial charge in [0.05, 0.1) is 42.6 Å². The lowest BCUT2D eigenvalue weighted by Gasteiger charge is -2.27. The highest BCUT2D eigenvalue weighted by Crippen LogP contribution is 2.43. The summed E-state index contributed by atoms with van der Waals surface area (Å²) < 4.78 is 11.1. The molecule has 4 atom stereocenters. The fourth-order valence-corrected chi connectivity index (χ4v) is 6.93. The molecule has 2 aliphatic rings. The topological polar surface area (TPSA) is 137 Å². The number of benzene rings is 3. The zero-order valence-corrected chi connectivity index (χ0v) is 28.1. The summed E-state index contributed by atoms with van der Waals surface area (Å²) in [6, 6.07) is 14.5. The lowest BCUT2D eigenvalue weighted by atomic mass is 9.92. The monoisotopic (exact) mass is 649 g/mol. The Bertz CT molecular complexity index is 2000. The Morgan fingerprint density at radius 3 is 2.75 bits per heavy atom. The number of methoxy groups -OCH3 is 1. The summed E-state index contributed by atoms with van der Waals surface area (Å²) in [6.07, 6.45) is 3.60. The highest BCUT2D eigenvalue weighted by Gasteiger charge is 2.39. The van der Waals surface area contributed by atoms with E-state index in [1.54, 1.807) is 0 Å². The van der Waals surface area contributed by atoms with E-state index in [1.807, 2.05) is 18.0 Å². The van der Waals surface area contributed by atoms with E-state index in [0.29, 0.717) is 38.1 Å². The van der Waals surface area contributed by atoms with Crippen molar-refractivity contribution < 1.29 is 19.1 Å². The van der Waals surface area contributed by atoms with Gasteiger partial charge >= 0.3 is 6.09 Å². The van der Waals surface area contributed by atoms with Crippen LogP contribution in [0.5, 0.6) is 5.75 Å². The van der Waals surface area contributed by atoms with Gasteiger partial charge in [0.1, 0.15) is 30.0 Å². The van der Waals surface area contributed by atoms with E-state index in [0.717, 1.165) is 80.0 Å². The second-order valence-corrected chi connectivity index (χ2v) is 13.2. The maximum atomic E-state index is 13.6. The fourth-order valence-electron chi connectivity index (χ4n) is 6.93. The Balaban J connectivity index is 1.17. The molecule has 4 N–H and O–H groups in total. The summed E-state index contributed by atoms with van der Waals surface area (Å²) in [7, 11) is 1.30. The van der Waals surface area contributed by atoms with Crippen LogP contribution in [0.25, 0.3) is 44.2 Å². The molecule has 0 aliphatic carbocycles. The molecule has 2 aliphatic heterocycles. The molecular weight excluding hydrogens is 606 g/mol. The number of likely N-dealkylation sites (tertiary alicyclic amines) is 1. The average molecular weight is 650 g/mol. The first kappa shape index (κ1) is 31.7. The summed E-state index contributed by atoms with van der Waals surface area (Å²) in [5.74, 6) is 2.66. The van der Waals surface area contributed by atoms with E-state index in [4.69, 9.17) is 14.5 Å². The standard InChI is InChI=1S/C37H43N7O4/c1-6-21(4)38-17-33-39-16-30(40-33)23-8-10-25-24(13-23)19-48-32-15-26-22(14-27(25)32)9-11-29-34(26)43-35(41-29)31-12-20(3)18-44(31)36(45)28(7-2)42-37(46)47-5/h8-11,13-16,20-21,28,31,38H,6-7,12,17-19H2,1-5H3,(H,39,40)(H,41,43)(H,42,46)/t20-,21-,28-,31-/m0/s1. The van der Waals surface area contributed by atoms with Crippen LogP contribution in [0.1, 0.15) is 70.2 Å². The largest absolute Gasteiger partial charge is 0.488 e. The summed E-state index contributed by atoms with van der Waals surface area (Å²) in [4.78, 5) is 44.0. The van der Waals surface area contributed by atoms with Crippen LogP contribution in [0.2, 0.25) is 0 Å². The molecule has 2 aromatic heterocycles. The maximum absolute atomic E-state index is 13.6. The summed E-state index contributed by atoms with van der Waals surface area (Å²) in [6.45, 7) is 10.1. The van der Waals surface area contributed by atoms with E-state index in [1.165, 1.54) is 7.11 Å². The first-order valence-corrected chi connectivity index (χ1v) is 16.9. The number of aromatic amines is 2. The van der Waals surface area contributed by atoms with Crippen LogP contribution in [0.4, 0.5) is 4.79 Å². The van der Waals surface area contributed by atoms with Crippen LogP contribution in [-0.2, 0) is 22.7 Å². The first-order chi connectivity index (χ1) is 23.3. The Labute approximate surface area is 279 Å². The number of hydrogen-bond acceptors (Lipinski definition) is 7. The predicted molar refractivity (Wildman–Crippen MR) is 185 cm³/mol. The van der Waals surface area contributed by atoms with E-state index in [9.17, 15) is 9.59 Å². The van der Waals surface area contributed by atoms with Crippen LogP contribution in [0.15, 0.2) is 48.7 Å². The van der Waals surface area contributed by atoms with E-state index < -0.39 is 12.1 Å². The molecular formula is C37H43N7O4. The highest BCUT2D eigenvalue weighted by molar-refractivity contribution is 6.07. The molecule has 4 heterocycles. The van der Waals surface area contributed by atoms with Gasteiger partial charge < -0.3 is 35.0 Å². The minimum Gasteiger partial charge on any atom is -0.488 e. The SMILES string of the molecule is CC[C@H](NC(=O)OC)C(=O)N1C[C@@H](C)C[C@H]1c1nc2c(ccc3cc4c(cc32)OCc2cc(-c3cnc(CN[C@@H](C)CC)[nH]3)ccc2-4)[nH]1. The van der Waals surface area contributed by atoms with E-state index >= 15 is 0 Å². The first-order valence-electron chi connectivity index (χ1n) is 16.9. The minimum atomic E-state index is -0.660. The van der Waals surface area contributed by atoms with Crippen molar-refractivity contribution in [3.63, 3.8) is 0 Å². The molecule has 1 fully saturated rings. The van der Waals surface area contributed by atoms with Gasteiger partial charge in [0.2, 0.25) is 5.91 Å². The third-order valence-corrected chi connectivity index (χ3v) is 9.83. The fraction of sp³-hybridized carbons (Fsp3) is 0.405. The number of amides is 2. The Morgan fingerprint density at radius 2 is 1.96 bits per heavy atom. The minimum absolute atomic E-state index is 0.126. The number of aromatic nitrogens is 4. The molecule has 0 unspecified atom stereocenters. The number of carbonyl (C=O) groups excluding carboxylic acids is 2. The molecule has 0 bridgehead atoms. The molecule has 0 spiro atoms. The van der Waals surface area contributed by atoms with Crippen molar-refractivity contribution in [2.45, 2.75) is 78.2 Å². The van der Waals surface area contributed by atoms with E-state index in [2.05, 4.69) is 88.8 Å². The molecule has 1 saturated heterocycles. The number of H-pyrrole nitrogens is 2. The van der Waals surface area contributed by atoms with Crippen molar-refractivity contribution >= 4 is 33.8 Å². The van der Waals surface area contributed by atoms with Gasteiger partial charge in [0.25, 0.3) is 0 Å². The quantitative estimate of drug-likeness (QED) is 0.141. The van der Waals surface area contributed by atoms with Crippen LogP contribution in [0, 0.1) is 5.92 Å². The average Bonchev–Trinajstić information content (AvgIpc) is 3.86. The van der Waals surface area contributed by atoms with Gasteiger partial charge in [-0.1, -0.05) is 39.0 Å². The second kappa shape index (κ2) is 13.0. The second-order valence-electron chi connectivity index (χ2n) is 13.2. The number of nitrogens with one attached hydrogen (secondary N) is 4. The summed E-state index contributed by atoms with van der Waals surface area (Å²) >= 11 is 0. The van der Waals surface area contributed by atoms with Crippen LogP contribution >= 0.6 is 0 Å². The van der Waals surface area contributed by atoms with Gasteiger partial charge in [-0.3, -0.25) is 4.79 Å². The number of hydrogen-bond donors (Lipinski definition) is 4. The van der Waals surface area contributed by atoms with Crippen molar-refractivity contribution in [3.05, 3.63) is 65.9 Å². The lowest BCUT2D eigenvalue weighted by molar-refractivity contribution is -0.134. The zero-order chi connectivity index (χ0) is 33.5. The molecule has 2 amide bonds. The van der Waals surface area contributed by atoms with Crippen molar-refractivity contribution in [1.82, 2.24) is 35.5 Å². The number of ether oxygens (including phenoxy) is 2. The highest BCUT2D eigenvalue weighted by atomic mass is 16.5. The number of fused-ring (bicyclic) bond motifs is 6. The number of imidazole rings is 2. The van der Waals surface area contributed by atoms with Crippen LogP contribution in [-0.4, -0.2) is 62.6 Å². The maximum Gasteiger partial charge on any atom is 0.407 e. The van der Waals surface area contributed by atoms with Crippen molar-refractivity contribution in [3.8, 4) is 28.1 Å². The van der Waals surface area contributed by atoms with Gasteiger partial charge in [-0.05, 0) is 78.4 Å². The summed E-state index contributed by atoms with van der Waals surface area (Å²) in [5.41, 5.74) is 7.16. The van der Waals surface area contributed by atoms with Gasteiger partial charge in [-0.15, -0.1) is 0 Å². The Hall–Kier alpha value is -4.90. The molecule has 48 heavy (non-hydrogen) atoms. The molecule has 3 aromatic carbocycles. The van der Waals surface area contributed by atoms with E-state index in [-0.39, 0.29) is 11.9 Å². The smallest absolute Gasteiger partial charge is 0.407 e. The Morgan fingerprint density at radius 1 is 1.10 bits per heavy atom. The van der Waals surface area contributed by atoms with Crippen molar-refractivity contribution in [2.75, 3.05) is 13.7 Å². The van der Waals surface area contributed by atoms with Gasteiger partial charge in [-0.25, -0.2) is 14.8 Å².